The Labute approximate surface area is 143 Å². The number of aromatic nitrogens is 2. The summed E-state index contributed by atoms with van der Waals surface area (Å²) in [6, 6.07) is 12.2. The van der Waals surface area contributed by atoms with Gasteiger partial charge in [0.1, 0.15) is 16.6 Å². The maximum atomic E-state index is 14.1. The van der Waals surface area contributed by atoms with Crippen molar-refractivity contribution in [3.05, 3.63) is 76.8 Å². The molecule has 1 aromatic heterocycles. The summed E-state index contributed by atoms with van der Waals surface area (Å²) < 4.78 is 16.0. The Morgan fingerprint density at radius 1 is 1.26 bits per heavy atom. The zero-order valence-corrected chi connectivity index (χ0v) is 13.6. The lowest BCUT2D eigenvalue weighted by Gasteiger charge is -2.11. The molecule has 6 heteroatoms. The first-order chi connectivity index (χ1) is 11.1. The third-order valence-corrected chi connectivity index (χ3v) is 4.02. The predicted molar refractivity (Wildman–Crippen MR) is 94.1 cm³/mol. The molecule has 0 saturated carbocycles. The molecule has 0 atom stereocenters. The molecule has 0 radical (unpaired) electrons. The van der Waals surface area contributed by atoms with Gasteiger partial charge >= 0.3 is 0 Å². The van der Waals surface area contributed by atoms with Crippen molar-refractivity contribution < 1.29 is 4.39 Å². The lowest BCUT2D eigenvalue weighted by atomic mass is 10.1. The highest BCUT2D eigenvalue weighted by atomic mass is 35.5. The minimum Gasteiger partial charge on any atom is -0.389 e. The molecule has 1 heterocycles. The molecule has 3 nitrogen and oxygen atoms in total. The third-order valence-electron chi connectivity index (χ3n) is 3.47. The SMILES string of the molecule is NC(=S)c1cccc(Cn2ccnc2-c2c(F)cccc2Cl)c1. The Morgan fingerprint density at radius 3 is 2.78 bits per heavy atom. The third kappa shape index (κ3) is 3.25. The Morgan fingerprint density at radius 2 is 2.04 bits per heavy atom. The summed E-state index contributed by atoms with van der Waals surface area (Å²) in [6.07, 6.45) is 3.40. The lowest BCUT2D eigenvalue weighted by molar-refractivity contribution is 0.628. The van der Waals surface area contributed by atoms with Gasteiger partial charge in [-0.2, -0.15) is 0 Å². The number of nitrogens with zero attached hydrogens (tertiary/aromatic N) is 2. The van der Waals surface area contributed by atoms with Crippen molar-refractivity contribution in [1.82, 2.24) is 9.55 Å². The molecule has 0 aliphatic rings. The van der Waals surface area contributed by atoms with Crippen molar-refractivity contribution in [1.29, 1.82) is 0 Å². The van der Waals surface area contributed by atoms with Crippen molar-refractivity contribution in [3.63, 3.8) is 0 Å². The average Bonchev–Trinajstić information content (AvgIpc) is 2.95. The van der Waals surface area contributed by atoms with Crippen molar-refractivity contribution >= 4 is 28.8 Å². The number of halogens is 2. The molecular weight excluding hydrogens is 333 g/mol. The van der Waals surface area contributed by atoms with Gasteiger partial charge in [-0.1, -0.05) is 48.1 Å². The maximum Gasteiger partial charge on any atom is 0.144 e. The fourth-order valence-corrected chi connectivity index (χ4v) is 2.77. The number of imidazole rings is 1. The summed E-state index contributed by atoms with van der Waals surface area (Å²) in [4.78, 5) is 4.59. The van der Waals surface area contributed by atoms with Crippen molar-refractivity contribution in [2.45, 2.75) is 6.54 Å². The normalized spacial score (nSPS) is 10.7. The molecule has 0 unspecified atom stereocenters. The number of hydrogen-bond acceptors (Lipinski definition) is 2. The smallest absolute Gasteiger partial charge is 0.144 e. The van der Waals surface area contributed by atoms with Crippen LogP contribution in [-0.4, -0.2) is 14.5 Å². The first-order valence-electron chi connectivity index (χ1n) is 6.90. The highest BCUT2D eigenvalue weighted by Gasteiger charge is 2.15. The van der Waals surface area contributed by atoms with Crippen molar-refractivity contribution in [3.8, 4) is 11.4 Å². The predicted octanol–water partition coefficient (Wildman–Crippen LogP) is 4.03. The van der Waals surface area contributed by atoms with Gasteiger partial charge in [0.25, 0.3) is 0 Å². The monoisotopic (exact) mass is 345 g/mol. The van der Waals surface area contributed by atoms with Gasteiger partial charge in [0.15, 0.2) is 0 Å². The number of thiocarbonyl (C=S) groups is 1. The molecule has 2 N–H and O–H groups in total. The average molecular weight is 346 g/mol. The van der Waals surface area contributed by atoms with Crippen molar-refractivity contribution in [2.75, 3.05) is 0 Å². The Kier molecular flexibility index (Phi) is 4.41. The zero-order valence-electron chi connectivity index (χ0n) is 12.0. The van der Waals surface area contributed by atoms with E-state index in [2.05, 4.69) is 4.98 Å². The summed E-state index contributed by atoms with van der Waals surface area (Å²) >= 11 is 11.1. The Hall–Kier alpha value is -2.24. The summed E-state index contributed by atoms with van der Waals surface area (Å²) in [7, 11) is 0. The van der Waals surface area contributed by atoms with Crippen LogP contribution in [0.25, 0.3) is 11.4 Å². The molecule has 0 aliphatic carbocycles. The second kappa shape index (κ2) is 6.48. The summed E-state index contributed by atoms with van der Waals surface area (Å²) in [6.45, 7) is 0.510. The quantitative estimate of drug-likeness (QED) is 0.726. The Bertz CT molecular complexity index is 856. The molecule has 0 saturated heterocycles. The molecular formula is C17H13ClFN3S. The molecule has 116 valence electrons. The van der Waals surface area contributed by atoms with Crippen molar-refractivity contribution in [2.24, 2.45) is 5.73 Å². The van der Waals surface area contributed by atoms with Crippen LogP contribution in [0.5, 0.6) is 0 Å². The molecule has 3 aromatic rings. The van der Waals surface area contributed by atoms with E-state index < -0.39 is 5.82 Å². The van der Waals surface area contributed by atoms with Crippen LogP contribution in [0.2, 0.25) is 5.02 Å². The summed E-state index contributed by atoms with van der Waals surface area (Å²) in [5.41, 5.74) is 7.74. The van der Waals surface area contributed by atoms with E-state index in [9.17, 15) is 4.39 Å². The van der Waals surface area contributed by atoms with Crippen LogP contribution in [0.1, 0.15) is 11.1 Å². The van der Waals surface area contributed by atoms with E-state index in [-0.39, 0.29) is 0 Å². The highest BCUT2D eigenvalue weighted by molar-refractivity contribution is 7.80. The van der Waals surface area contributed by atoms with Crippen LogP contribution < -0.4 is 5.73 Å². The molecule has 0 fully saturated rings. The molecule has 0 aliphatic heterocycles. The minimum atomic E-state index is -0.401. The first-order valence-corrected chi connectivity index (χ1v) is 7.69. The zero-order chi connectivity index (χ0) is 16.4. The minimum absolute atomic E-state index is 0.296. The summed E-state index contributed by atoms with van der Waals surface area (Å²) in [5.74, 6) is 0.0793. The van der Waals surface area contributed by atoms with E-state index in [4.69, 9.17) is 29.6 Å². The van der Waals surface area contributed by atoms with Gasteiger partial charge in [0, 0.05) is 24.5 Å². The van der Waals surface area contributed by atoms with Crippen LogP contribution in [-0.2, 0) is 6.54 Å². The van der Waals surface area contributed by atoms with E-state index in [0.29, 0.717) is 27.9 Å². The van der Waals surface area contributed by atoms with E-state index >= 15 is 0 Å². The molecule has 3 rings (SSSR count). The number of nitrogens with two attached hydrogens (primary N) is 1. The standard InChI is InChI=1S/C17H13ClFN3S/c18-13-5-2-6-14(19)15(13)17-21-7-8-22(17)10-11-3-1-4-12(9-11)16(20)23/h1-9H,10H2,(H2,20,23). The van der Waals surface area contributed by atoms with E-state index in [1.807, 2.05) is 28.8 Å². The number of rotatable bonds is 4. The van der Waals surface area contributed by atoms with E-state index in [1.54, 1.807) is 24.5 Å². The van der Waals surface area contributed by atoms with Gasteiger partial charge in [-0.3, -0.25) is 0 Å². The van der Waals surface area contributed by atoms with E-state index in [0.717, 1.165) is 11.1 Å². The van der Waals surface area contributed by atoms with Crippen LogP contribution in [0.15, 0.2) is 54.9 Å². The van der Waals surface area contributed by atoms with Crippen LogP contribution >= 0.6 is 23.8 Å². The Balaban J connectivity index is 1.99. The van der Waals surface area contributed by atoms with Crippen LogP contribution in [0, 0.1) is 5.82 Å². The second-order valence-corrected chi connectivity index (χ2v) is 5.89. The maximum absolute atomic E-state index is 14.1. The molecule has 2 aromatic carbocycles. The van der Waals surface area contributed by atoms with Gasteiger partial charge in [-0.15, -0.1) is 0 Å². The van der Waals surface area contributed by atoms with Gasteiger partial charge < -0.3 is 10.3 Å². The first kappa shape index (κ1) is 15.6. The van der Waals surface area contributed by atoms with Crippen LogP contribution in [0.4, 0.5) is 4.39 Å². The highest BCUT2D eigenvalue weighted by Crippen LogP contribution is 2.29. The topological polar surface area (TPSA) is 43.8 Å². The molecule has 0 spiro atoms. The second-order valence-electron chi connectivity index (χ2n) is 5.04. The van der Waals surface area contributed by atoms with Crippen LogP contribution in [0.3, 0.4) is 0 Å². The van der Waals surface area contributed by atoms with Gasteiger partial charge in [-0.05, 0) is 23.8 Å². The van der Waals surface area contributed by atoms with Gasteiger partial charge in [0.2, 0.25) is 0 Å². The van der Waals surface area contributed by atoms with E-state index in [1.165, 1.54) is 6.07 Å². The molecule has 0 bridgehead atoms. The fourth-order valence-electron chi connectivity index (χ4n) is 2.40. The van der Waals surface area contributed by atoms with Gasteiger partial charge in [0.05, 0.1) is 10.6 Å². The number of benzene rings is 2. The summed E-state index contributed by atoms with van der Waals surface area (Å²) in [5, 5.41) is 0.328. The van der Waals surface area contributed by atoms with Gasteiger partial charge in [-0.25, -0.2) is 9.37 Å². The lowest BCUT2D eigenvalue weighted by Crippen LogP contribution is -2.10. The fraction of sp³-hybridized carbons (Fsp3) is 0.0588. The number of hydrogen-bond donors (Lipinski definition) is 1. The molecule has 0 amide bonds. The largest absolute Gasteiger partial charge is 0.389 e. The molecule has 23 heavy (non-hydrogen) atoms.